The highest BCUT2D eigenvalue weighted by atomic mass is 32.1. The molecule has 0 N–H and O–H groups in total. The van der Waals surface area contributed by atoms with Crippen LogP contribution in [0.2, 0.25) is 0 Å². The molecule has 1 aliphatic rings. The second kappa shape index (κ2) is 7.72. The third-order valence-corrected chi connectivity index (χ3v) is 4.64. The summed E-state index contributed by atoms with van der Waals surface area (Å²) in [7, 11) is 2.07. The molecule has 2 aromatic rings. The molecule has 0 aliphatic carbocycles. The van der Waals surface area contributed by atoms with Crippen LogP contribution in [0, 0.1) is 0 Å². The number of furan rings is 1. The summed E-state index contributed by atoms with van der Waals surface area (Å²) in [5.41, 5.74) is 0. The lowest BCUT2D eigenvalue weighted by atomic mass is 10.2. The standard InChI is InChI=1S/C16H21N3O3S/c1-18-7-9-22-14(11-18)12-19(16-17-6-10-23-16)15(20)5-4-13-3-2-8-21-13/h2-3,6,8,10,14H,4-5,7,9,11-12H2,1H3/t14-/m0/s1. The number of carbonyl (C=O) groups is 1. The second-order valence-corrected chi connectivity index (χ2v) is 6.53. The minimum Gasteiger partial charge on any atom is -0.469 e. The van der Waals surface area contributed by atoms with E-state index in [0.29, 0.717) is 26.0 Å². The van der Waals surface area contributed by atoms with Gasteiger partial charge in [0.15, 0.2) is 5.13 Å². The van der Waals surface area contributed by atoms with Crippen molar-refractivity contribution in [3.8, 4) is 0 Å². The van der Waals surface area contributed by atoms with E-state index in [2.05, 4.69) is 16.9 Å². The van der Waals surface area contributed by atoms with Gasteiger partial charge in [0.25, 0.3) is 0 Å². The summed E-state index contributed by atoms with van der Waals surface area (Å²) in [6, 6.07) is 3.73. The van der Waals surface area contributed by atoms with E-state index in [-0.39, 0.29) is 12.0 Å². The maximum absolute atomic E-state index is 12.7. The normalized spacial score (nSPS) is 18.9. The summed E-state index contributed by atoms with van der Waals surface area (Å²) in [5.74, 6) is 0.874. The Morgan fingerprint density at radius 2 is 2.48 bits per heavy atom. The van der Waals surface area contributed by atoms with Crippen molar-refractivity contribution < 1.29 is 13.9 Å². The van der Waals surface area contributed by atoms with Crippen molar-refractivity contribution in [2.75, 3.05) is 38.2 Å². The molecule has 2 aromatic heterocycles. The molecule has 0 unspecified atom stereocenters. The van der Waals surface area contributed by atoms with E-state index in [4.69, 9.17) is 9.15 Å². The molecule has 3 rings (SSSR count). The molecule has 1 atom stereocenters. The van der Waals surface area contributed by atoms with E-state index in [1.807, 2.05) is 17.5 Å². The van der Waals surface area contributed by atoms with Gasteiger partial charge in [0.2, 0.25) is 5.91 Å². The van der Waals surface area contributed by atoms with Gasteiger partial charge in [-0.1, -0.05) is 0 Å². The van der Waals surface area contributed by atoms with E-state index >= 15 is 0 Å². The number of morpholine rings is 1. The summed E-state index contributed by atoms with van der Waals surface area (Å²) in [6.07, 6.45) is 4.37. The predicted molar refractivity (Wildman–Crippen MR) is 88.7 cm³/mol. The summed E-state index contributed by atoms with van der Waals surface area (Å²) in [5, 5.41) is 2.61. The molecule has 1 saturated heterocycles. The number of nitrogens with zero attached hydrogens (tertiary/aromatic N) is 3. The van der Waals surface area contributed by atoms with Gasteiger partial charge in [-0.2, -0.15) is 0 Å². The second-order valence-electron chi connectivity index (χ2n) is 5.65. The summed E-state index contributed by atoms with van der Waals surface area (Å²) in [6.45, 7) is 3.00. The molecule has 6 nitrogen and oxygen atoms in total. The zero-order valence-corrected chi connectivity index (χ0v) is 14.0. The maximum atomic E-state index is 12.7. The van der Waals surface area contributed by atoms with Crippen LogP contribution in [0.1, 0.15) is 12.2 Å². The van der Waals surface area contributed by atoms with E-state index in [1.54, 1.807) is 17.4 Å². The van der Waals surface area contributed by atoms with Gasteiger partial charge < -0.3 is 14.1 Å². The first-order valence-electron chi connectivity index (χ1n) is 7.75. The average molecular weight is 335 g/mol. The lowest BCUT2D eigenvalue weighted by molar-refractivity contribution is -0.119. The van der Waals surface area contributed by atoms with Crippen molar-refractivity contribution in [2.45, 2.75) is 18.9 Å². The minimum atomic E-state index is 0.0187. The smallest absolute Gasteiger partial charge is 0.229 e. The molecule has 1 aliphatic heterocycles. The fourth-order valence-electron chi connectivity index (χ4n) is 2.64. The number of likely N-dealkylation sites (N-methyl/N-ethyl adjacent to an activating group) is 1. The third kappa shape index (κ3) is 4.40. The molecule has 1 amide bonds. The Labute approximate surface area is 139 Å². The predicted octanol–water partition coefficient (Wildman–Crippen LogP) is 2.03. The lowest BCUT2D eigenvalue weighted by Gasteiger charge is -2.33. The first-order chi connectivity index (χ1) is 11.2. The quantitative estimate of drug-likeness (QED) is 0.808. The summed E-state index contributed by atoms with van der Waals surface area (Å²) < 4.78 is 11.1. The zero-order chi connectivity index (χ0) is 16.1. The van der Waals surface area contributed by atoms with Crippen molar-refractivity contribution in [2.24, 2.45) is 0 Å². The third-order valence-electron chi connectivity index (χ3n) is 3.84. The number of aryl methyl sites for hydroxylation is 1. The van der Waals surface area contributed by atoms with Crippen molar-refractivity contribution in [1.29, 1.82) is 0 Å². The number of ether oxygens (including phenoxy) is 1. The van der Waals surface area contributed by atoms with Crippen LogP contribution < -0.4 is 4.90 Å². The Hall–Kier alpha value is -1.70. The van der Waals surface area contributed by atoms with Crippen LogP contribution in [0.3, 0.4) is 0 Å². The Bertz CT molecular complexity index is 600. The number of amides is 1. The van der Waals surface area contributed by atoms with Crippen LogP contribution in [0.15, 0.2) is 34.4 Å². The van der Waals surface area contributed by atoms with E-state index in [9.17, 15) is 4.79 Å². The van der Waals surface area contributed by atoms with Crippen LogP contribution in [0.25, 0.3) is 0 Å². The molecule has 0 spiro atoms. The highest BCUT2D eigenvalue weighted by Gasteiger charge is 2.25. The summed E-state index contributed by atoms with van der Waals surface area (Å²) >= 11 is 1.47. The van der Waals surface area contributed by atoms with E-state index in [1.165, 1.54) is 11.3 Å². The number of hydrogen-bond acceptors (Lipinski definition) is 6. The molecule has 1 fully saturated rings. The van der Waals surface area contributed by atoms with E-state index < -0.39 is 0 Å². The van der Waals surface area contributed by atoms with Gasteiger partial charge in [-0.15, -0.1) is 11.3 Å². The van der Waals surface area contributed by atoms with E-state index in [0.717, 1.165) is 24.0 Å². The molecular weight excluding hydrogens is 314 g/mol. The minimum absolute atomic E-state index is 0.0187. The maximum Gasteiger partial charge on any atom is 0.229 e. The average Bonchev–Trinajstić information content (AvgIpc) is 3.23. The van der Waals surface area contributed by atoms with Gasteiger partial charge in [0.05, 0.1) is 25.5 Å². The Morgan fingerprint density at radius 1 is 1.57 bits per heavy atom. The van der Waals surface area contributed by atoms with Crippen molar-refractivity contribution in [3.05, 3.63) is 35.7 Å². The topological polar surface area (TPSA) is 58.8 Å². The van der Waals surface area contributed by atoms with Crippen molar-refractivity contribution >= 4 is 22.4 Å². The molecular formula is C16H21N3O3S. The SMILES string of the molecule is CN1CCO[C@H](CN(C(=O)CCc2ccco2)c2nccs2)C1. The van der Waals surface area contributed by atoms with Gasteiger partial charge in [0.1, 0.15) is 5.76 Å². The fourth-order valence-corrected chi connectivity index (χ4v) is 3.31. The van der Waals surface area contributed by atoms with Gasteiger partial charge in [-0.25, -0.2) is 4.98 Å². The number of anilines is 1. The van der Waals surface area contributed by atoms with Gasteiger partial charge in [0, 0.05) is 37.5 Å². The highest BCUT2D eigenvalue weighted by Crippen LogP contribution is 2.20. The monoisotopic (exact) mass is 335 g/mol. The number of rotatable bonds is 6. The zero-order valence-electron chi connectivity index (χ0n) is 13.2. The first-order valence-corrected chi connectivity index (χ1v) is 8.63. The van der Waals surface area contributed by atoms with Crippen LogP contribution in [-0.2, 0) is 16.0 Å². The van der Waals surface area contributed by atoms with Crippen molar-refractivity contribution in [3.63, 3.8) is 0 Å². The summed E-state index contributed by atoms with van der Waals surface area (Å²) in [4.78, 5) is 20.9. The molecule has 0 bridgehead atoms. The van der Waals surface area contributed by atoms with Gasteiger partial charge >= 0.3 is 0 Å². The van der Waals surface area contributed by atoms with Gasteiger partial charge in [-0.05, 0) is 19.2 Å². The Balaban J connectivity index is 1.64. The molecule has 0 aromatic carbocycles. The molecule has 0 radical (unpaired) electrons. The highest BCUT2D eigenvalue weighted by molar-refractivity contribution is 7.13. The van der Waals surface area contributed by atoms with Crippen LogP contribution >= 0.6 is 11.3 Å². The van der Waals surface area contributed by atoms with Crippen LogP contribution in [0.5, 0.6) is 0 Å². The largest absolute Gasteiger partial charge is 0.469 e. The lowest BCUT2D eigenvalue weighted by Crippen LogP contribution is -2.47. The number of carbonyl (C=O) groups excluding carboxylic acids is 1. The first kappa shape index (κ1) is 16.2. The number of thiazole rings is 1. The molecule has 0 saturated carbocycles. The van der Waals surface area contributed by atoms with Crippen LogP contribution in [0.4, 0.5) is 5.13 Å². The Morgan fingerprint density at radius 3 is 3.17 bits per heavy atom. The van der Waals surface area contributed by atoms with Crippen LogP contribution in [-0.4, -0.2) is 55.2 Å². The number of aromatic nitrogens is 1. The molecule has 3 heterocycles. The van der Waals surface area contributed by atoms with Gasteiger partial charge in [-0.3, -0.25) is 9.69 Å². The fraction of sp³-hybridized carbons (Fsp3) is 0.500. The molecule has 124 valence electrons. The molecule has 7 heteroatoms. The Kier molecular flexibility index (Phi) is 5.43. The molecule has 23 heavy (non-hydrogen) atoms. The number of hydrogen-bond donors (Lipinski definition) is 0. The van der Waals surface area contributed by atoms with Crippen molar-refractivity contribution in [1.82, 2.24) is 9.88 Å².